The number of nitrogens with one attached hydrogen (secondary N) is 1. The molecule has 0 amide bonds. The van der Waals surface area contributed by atoms with Crippen LogP contribution in [-0.4, -0.2) is 9.97 Å². The number of nitrogens with two attached hydrogens (primary N) is 1. The van der Waals surface area contributed by atoms with E-state index in [1.54, 1.807) is 0 Å². The Morgan fingerprint density at radius 1 is 1.33 bits per heavy atom. The highest BCUT2D eigenvalue weighted by molar-refractivity contribution is 5.74. The number of aromatic nitrogens is 2. The van der Waals surface area contributed by atoms with Crippen LogP contribution in [0.1, 0.15) is 44.9 Å². The Morgan fingerprint density at radius 3 is 2.72 bits per heavy atom. The highest BCUT2D eigenvalue weighted by Gasteiger charge is 2.35. The van der Waals surface area contributed by atoms with Crippen molar-refractivity contribution in [1.29, 1.82) is 0 Å². The summed E-state index contributed by atoms with van der Waals surface area (Å²) in [5.41, 5.74) is 8.44. The number of imidazole rings is 1. The van der Waals surface area contributed by atoms with Gasteiger partial charge in [0.15, 0.2) is 0 Å². The summed E-state index contributed by atoms with van der Waals surface area (Å²) >= 11 is 0. The van der Waals surface area contributed by atoms with Crippen molar-refractivity contribution in [3.05, 3.63) is 30.1 Å². The quantitative estimate of drug-likeness (QED) is 0.850. The first kappa shape index (κ1) is 11.7. The van der Waals surface area contributed by atoms with E-state index in [9.17, 15) is 0 Å². The van der Waals surface area contributed by atoms with Gasteiger partial charge in [-0.25, -0.2) is 4.98 Å². The van der Waals surface area contributed by atoms with Crippen LogP contribution in [0.25, 0.3) is 11.0 Å². The van der Waals surface area contributed by atoms with Gasteiger partial charge in [-0.2, -0.15) is 0 Å². The van der Waals surface area contributed by atoms with Crippen LogP contribution in [0.4, 0.5) is 0 Å². The zero-order valence-electron chi connectivity index (χ0n) is 10.9. The van der Waals surface area contributed by atoms with Gasteiger partial charge in [-0.05, 0) is 43.7 Å². The van der Waals surface area contributed by atoms with Gasteiger partial charge in [0.25, 0.3) is 0 Å². The van der Waals surface area contributed by atoms with Crippen LogP contribution in [0, 0.1) is 5.92 Å². The molecule has 0 atom stereocenters. The standard InChI is InChI=1S/C15H21N3/c1-2-11-7-9-15(16,10-8-11)14-17-12-5-3-4-6-13(12)18-14/h3-6,11H,2,7-10,16H2,1H3,(H,17,18). The van der Waals surface area contributed by atoms with Crippen LogP contribution in [-0.2, 0) is 5.54 Å². The molecule has 0 unspecified atom stereocenters. The average Bonchev–Trinajstić information content (AvgIpc) is 2.84. The maximum atomic E-state index is 6.57. The van der Waals surface area contributed by atoms with Crippen molar-refractivity contribution in [3.8, 4) is 0 Å². The van der Waals surface area contributed by atoms with Crippen molar-refractivity contribution >= 4 is 11.0 Å². The topological polar surface area (TPSA) is 54.7 Å². The van der Waals surface area contributed by atoms with E-state index in [4.69, 9.17) is 5.73 Å². The number of para-hydroxylation sites is 2. The first-order valence-electron chi connectivity index (χ1n) is 6.95. The van der Waals surface area contributed by atoms with Crippen LogP contribution >= 0.6 is 0 Å². The minimum atomic E-state index is -0.245. The molecule has 1 fully saturated rings. The van der Waals surface area contributed by atoms with Crippen LogP contribution in [0.15, 0.2) is 24.3 Å². The van der Waals surface area contributed by atoms with E-state index in [2.05, 4.69) is 23.0 Å². The number of fused-ring (bicyclic) bond motifs is 1. The van der Waals surface area contributed by atoms with Gasteiger partial charge in [-0.1, -0.05) is 25.5 Å². The third-order valence-electron chi connectivity index (χ3n) is 4.44. The van der Waals surface area contributed by atoms with Crippen molar-refractivity contribution in [2.45, 2.75) is 44.6 Å². The lowest BCUT2D eigenvalue weighted by molar-refractivity contribution is 0.223. The Kier molecular flexibility index (Phi) is 2.86. The highest BCUT2D eigenvalue weighted by Crippen LogP contribution is 2.37. The largest absolute Gasteiger partial charge is 0.340 e. The molecule has 1 heterocycles. The molecule has 3 nitrogen and oxygen atoms in total. The molecule has 1 aromatic heterocycles. The van der Waals surface area contributed by atoms with Crippen LogP contribution in [0.5, 0.6) is 0 Å². The van der Waals surface area contributed by atoms with Crippen LogP contribution in [0.3, 0.4) is 0 Å². The molecule has 0 radical (unpaired) electrons. The SMILES string of the molecule is CCC1CCC(N)(c2nc3ccccc3[nH]2)CC1. The molecular weight excluding hydrogens is 222 g/mol. The molecule has 0 bridgehead atoms. The van der Waals surface area contributed by atoms with Gasteiger partial charge in [0, 0.05) is 0 Å². The molecule has 0 spiro atoms. The molecule has 1 aliphatic carbocycles. The van der Waals surface area contributed by atoms with Crippen molar-refractivity contribution in [2.24, 2.45) is 11.7 Å². The number of benzene rings is 1. The van der Waals surface area contributed by atoms with Crippen LogP contribution < -0.4 is 5.73 Å². The number of hydrogen-bond acceptors (Lipinski definition) is 2. The molecule has 2 aromatic rings. The fraction of sp³-hybridized carbons (Fsp3) is 0.533. The van der Waals surface area contributed by atoms with Crippen molar-refractivity contribution in [2.75, 3.05) is 0 Å². The Hall–Kier alpha value is -1.35. The van der Waals surface area contributed by atoms with Crippen LogP contribution in [0.2, 0.25) is 0 Å². The first-order chi connectivity index (χ1) is 8.71. The number of rotatable bonds is 2. The molecule has 96 valence electrons. The second kappa shape index (κ2) is 4.39. The second-order valence-electron chi connectivity index (χ2n) is 5.61. The fourth-order valence-electron chi connectivity index (χ4n) is 3.03. The molecule has 0 aliphatic heterocycles. The Balaban J connectivity index is 1.89. The summed E-state index contributed by atoms with van der Waals surface area (Å²) in [6.07, 6.45) is 5.82. The van der Waals surface area contributed by atoms with E-state index in [1.165, 1.54) is 19.3 Å². The molecule has 3 N–H and O–H groups in total. The summed E-state index contributed by atoms with van der Waals surface area (Å²) in [6, 6.07) is 8.15. The zero-order chi connectivity index (χ0) is 12.6. The van der Waals surface area contributed by atoms with Crippen molar-refractivity contribution in [3.63, 3.8) is 0 Å². The second-order valence-corrected chi connectivity index (χ2v) is 5.61. The summed E-state index contributed by atoms with van der Waals surface area (Å²) in [5, 5.41) is 0. The summed E-state index contributed by atoms with van der Waals surface area (Å²) in [6.45, 7) is 2.27. The zero-order valence-corrected chi connectivity index (χ0v) is 10.9. The summed E-state index contributed by atoms with van der Waals surface area (Å²) < 4.78 is 0. The number of H-pyrrole nitrogens is 1. The Morgan fingerprint density at radius 2 is 2.06 bits per heavy atom. The Bertz CT molecular complexity index is 502. The third kappa shape index (κ3) is 1.93. The molecule has 1 aliphatic rings. The number of hydrogen-bond donors (Lipinski definition) is 2. The molecule has 1 aromatic carbocycles. The van der Waals surface area contributed by atoms with E-state index in [-0.39, 0.29) is 5.54 Å². The van der Waals surface area contributed by atoms with E-state index in [0.29, 0.717) is 0 Å². The molecule has 0 saturated heterocycles. The molecule has 3 rings (SSSR count). The van der Waals surface area contributed by atoms with E-state index >= 15 is 0 Å². The van der Waals surface area contributed by atoms with Gasteiger partial charge in [0.1, 0.15) is 5.82 Å². The minimum absolute atomic E-state index is 0.245. The molecule has 1 saturated carbocycles. The van der Waals surface area contributed by atoms with Gasteiger partial charge in [-0.15, -0.1) is 0 Å². The summed E-state index contributed by atoms with van der Waals surface area (Å²) in [5.74, 6) is 1.82. The van der Waals surface area contributed by atoms with Gasteiger partial charge in [0.2, 0.25) is 0 Å². The number of aromatic amines is 1. The summed E-state index contributed by atoms with van der Waals surface area (Å²) in [4.78, 5) is 8.08. The summed E-state index contributed by atoms with van der Waals surface area (Å²) in [7, 11) is 0. The lowest BCUT2D eigenvalue weighted by Gasteiger charge is -2.35. The third-order valence-corrected chi connectivity index (χ3v) is 4.44. The highest BCUT2D eigenvalue weighted by atomic mass is 15.0. The van der Waals surface area contributed by atoms with E-state index < -0.39 is 0 Å². The molecule has 18 heavy (non-hydrogen) atoms. The number of nitrogens with zero attached hydrogens (tertiary/aromatic N) is 1. The monoisotopic (exact) mass is 243 g/mol. The predicted octanol–water partition coefficient (Wildman–Crippen LogP) is 3.32. The van der Waals surface area contributed by atoms with Gasteiger partial charge < -0.3 is 10.7 Å². The minimum Gasteiger partial charge on any atom is -0.340 e. The predicted molar refractivity (Wildman–Crippen MR) is 74.2 cm³/mol. The Labute approximate surface area is 108 Å². The van der Waals surface area contributed by atoms with Gasteiger partial charge >= 0.3 is 0 Å². The first-order valence-corrected chi connectivity index (χ1v) is 6.95. The van der Waals surface area contributed by atoms with Gasteiger partial charge in [0.05, 0.1) is 16.6 Å². The fourth-order valence-corrected chi connectivity index (χ4v) is 3.03. The smallest absolute Gasteiger partial charge is 0.127 e. The van der Waals surface area contributed by atoms with Gasteiger partial charge in [-0.3, -0.25) is 0 Å². The van der Waals surface area contributed by atoms with Crippen molar-refractivity contribution in [1.82, 2.24) is 9.97 Å². The van der Waals surface area contributed by atoms with E-state index in [1.807, 2.05) is 18.2 Å². The average molecular weight is 243 g/mol. The molecular formula is C15H21N3. The normalized spacial score (nSPS) is 28.7. The maximum absolute atomic E-state index is 6.57. The molecule has 3 heteroatoms. The van der Waals surface area contributed by atoms with E-state index in [0.717, 1.165) is 35.6 Å². The lowest BCUT2D eigenvalue weighted by atomic mass is 9.76. The maximum Gasteiger partial charge on any atom is 0.127 e. The lowest BCUT2D eigenvalue weighted by Crippen LogP contribution is -2.41. The van der Waals surface area contributed by atoms with Crippen molar-refractivity contribution < 1.29 is 0 Å².